The van der Waals surface area contributed by atoms with E-state index in [0.29, 0.717) is 44.6 Å². The summed E-state index contributed by atoms with van der Waals surface area (Å²) in [5.41, 5.74) is -0.824. The molecule has 2 rings (SSSR count). The van der Waals surface area contributed by atoms with Crippen molar-refractivity contribution in [2.24, 2.45) is 5.92 Å². The van der Waals surface area contributed by atoms with Crippen molar-refractivity contribution >= 4 is 5.97 Å². The molecule has 1 aromatic rings. The highest BCUT2D eigenvalue weighted by Gasteiger charge is 2.35. The molecule has 0 atom stereocenters. The third-order valence-corrected chi connectivity index (χ3v) is 3.41. The van der Waals surface area contributed by atoms with E-state index in [4.69, 9.17) is 5.11 Å². The Bertz CT molecular complexity index is 385. The van der Waals surface area contributed by atoms with E-state index < -0.39 is 11.6 Å². The van der Waals surface area contributed by atoms with Gasteiger partial charge >= 0.3 is 5.97 Å². The summed E-state index contributed by atoms with van der Waals surface area (Å²) in [5.74, 6) is -0.544. The van der Waals surface area contributed by atoms with Crippen LogP contribution in [0.25, 0.3) is 0 Å². The second-order valence-corrected chi connectivity index (χ2v) is 4.79. The van der Waals surface area contributed by atoms with E-state index in [1.807, 2.05) is 0 Å². The minimum absolute atomic E-state index is 0.317. The number of nitrogens with zero attached hydrogens (tertiary/aromatic N) is 2. The Kier molecular flexibility index (Phi) is 3.93. The summed E-state index contributed by atoms with van der Waals surface area (Å²) in [7, 11) is 0. The van der Waals surface area contributed by atoms with Crippen LogP contribution in [0.15, 0.2) is 10.9 Å². The maximum Gasteiger partial charge on any atom is 0.306 e. The zero-order valence-electron chi connectivity index (χ0n) is 10.0. The zero-order chi connectivity index (χ0) is 13.0. The van der Waals surface area contributed by atoms with Crippen LogP contribution in [0, 0.1) is 5.92 Å². The van der Waals surface area contributed by atoms with Crippen LogP contribution in [0.2, 0.25) is 0 Å². The fourth-order valence-electron chi connectivity index (χ4n) is 2.26. The highest BCUT2D eigenvalue weighted by atomic mass is 16.5. The number of carboxylic acid groups (broad SMARTS) is 1. The van der Waals surface area contributed by atoms with Gasteiger partial charge in [0.05, 0.1) is 18.1 Å². The highest BCUT2D eigenvalue weighted by molar-refractivity contribution is 5.70. The van der Waals surface area contributed by atoms with Crippen LogP contribution in [0.4, 0.5) is 0 Å². The molecule has 100 valence electrons. The monoisotopic (exact) mass is 255 g/mol. The van der Waals surface area contributed by atoms with Crippen molar-refractivity contribution < 1.29 is 19.5 Å². The maximum absolute atomic E-state index is 10.8. The molecular weight excluding hydrogens is 238 g/mol. The first-order valence-electron chi connectivity index (χ1n) is 6.00. The van der Waals surface area contributed by atoms with Crippen molar-refractivity contribution in [3.8, 4) is 0 Å². The van der Waals surface area contributed by atoms with Gasteiger partial charge in [-0.05, 0) is 25.7 Å². The third-order valence-electron chi connectivity index (χ3n) is 3.41. The number of carbonyl (C=O) groups is 1. The Morgan fingerprint density at radius 1 is 1.56 bits per heavy atom. The van der Waals surface area contributed by atoms with Crippen molar-refractivity contribution in [2.75, 3.05) is 6.54 Å². The number of nitrogens with one attached hydrogen (secondary N) is 1. The minimum atomic E-state index is -0.824. The van der Waals surface area contributed by atoms with E-state index in [0.717, 1.165) is 0 Å². The van der Waals surface area contributed by atoms with Crippen molar-refractivity contribution in [3.05, 3.63) is 12.2 Å². The molecule has 1 aliphatic rings. The molecule has 0 saturated heterocycles. The summed E-state index contributed by atoms with van der Waals surface area (Å²) in [6, 6.07) is 0. The first kappa shape index (κ1) is 13.0. The molecule has 1 saturated carbocycles. The molecule has 0 radical (unpaired) electrons. The van der Waals surface area contributed by atoms with Gasteiger partial charge < -0.3 is 20.1 Å². The third kappa shape index (κ3) is 3.27. The van der Waals surface area contributed by atoms with Gasteiger partial charge in [-0.3, -0.25) is 4.79 Å². The second kappa shape index (κ2) is 5.45. The van der Waals surface area contributed by atoms with Crippen LogP contribution in [0.1, 0.15) is 31.5 Å². The number of carboxylic acids is 1. The lowest BCUT2D eigenvalue weighted by Crippen LogP contribution is -2.44. The van der Waals surface area contributed by atoms with Gasteiger partial charge in [-0.2, -0.15) is 4.98 Å². The minimum Gasteiger partial charge on any atom is -0.481 e. The van der Waals surface area contributed by atoms with E-state index in [2.05, 4.69) is 20.0 Å². The van der Waals surface area contributed by atoms with E-state index in [1.165, 1.54) is 6.39 Å². The average molecular weight is 255 g/mol. The van der Waals surface area contributed by atoms with Crippen molar-refractivity contribution in [2.45, 2.75) is 37.8 Å². The van der Waals surface area contributed by atoms with E-state index in [-0.39, 0.29) is 5.92 Å². The van der Waals surface area contributed by atoms with Gasteiger partial charge in [-0.1, -0.05) is 5.16 Å². The molecule has 0 aliphatic heterocycles. The second-order valence-electron chi connectivity index (χ2n) is 4.79. The predicted octanol–water partition coefficient (Wildman–Crippen LogP) is 0.165. The van der Waals surface area contributed by atoms with Crippen LogP contribution in [0.5, 0.6) is 0 Å². The van der Waals surface area contributed by atoms with Gasteiger partial charge in [0.25, 0.3) is 0 Å². The van der Waals surface area contributed by atoms with Crippen molar-refractivity contribution in [1.82, 2.24) is 15.5 Å². The molecule has 7 nitrogen and oxygen atoms in total. The lowest BCUT2D eigenvalue weighted by molar-refractivity contribution is -0.144. The van der Waals surface area contributed by atoms with Crippen LogP contribution >= 0.6 is 0 Å². The molecule has 0 bridgehead atoms. The van der Waals surface area contributed by atoms with E-state index in [9.17, 15) is 9.90 Å². The van der Waals surface area contributed by atoms with Crippen LogP contribution < -0.4 is 5.32 Å². The summed E-state index contributed by atoms with van der Waals surface area (Å²) in [6.45, 7) is 0.842. The molecule has 0 unspecified atom stereocenters. The van der Waals surface area contributed by atoms with Gasteiger partial charge in [-0.15, -0.1) is 0 Å². The quantitative estimate of drug-likeness (QED) is 0.687. The largest absolute Gasteiger partial charge is 0.481 e. The first-order chi connectivity index (χ1) is 8.59. The number of hydrogen-bond donors (Lipinski definition) is 3. The van der Waals surface area contributed by atoms with E-state index in [1.54, 1.807) is 0 Å². The zero-order valence-corrected chi connectivity index (χ0v) is 10.0. The molecule has 0 aromatic carbocycles. The molecule has 1 fully saturated rings. The molecule has 1 aliphatic carbocycles. The van der Waals surface area contributed by atoms with Crippen LogP contribution in [-0.4, -0.2) is 38.5 Å². The lowest BCUT2D eigenvalue weighted by Gasteiger charge is -2.34. The Morgan fingerprint density at radius 3 is 2.83 bits per heavy atom. The summed E-state index contributed by atoms with van der Waals surface area (Å²) >= 11 is 0. The van der Waals surface area contributed by atoms with Gasteiger partial charge in [0.1, 0.15) is 0 Å². The molecule has 0 spiro atoms. The normalized spacial score (nSPS) is 28.2. The number of aromatic nitrogens is 2. The average Bonchev–Trinajstić information content (AvgIpc) is 2.82. The highest BCUT2D eigenvalue weighted by Crippen LogP contribution is 2.31. The molecule has 3 N–H and O–H groups in total. The maximum atomic E-state index is 10.8. The molecule has 1 aromatic heterocycles. The fraction of sp³-hybridized carbons (Fsp3) is 0.727. The summed E-state index contributed by atoms with van der Waals surface area (Å²) in [5, 5.41) is 25.9. The standard InChI is InChI=1S/C11H17N3O4/c15-10(16)8-1-3-11(17,4-2-8)6-12-5-9-13-7-18-14-9/h7-8,12,17H,1-6H2,(H,15,16). The molecular formula is C11H17N3O4. The number of rotatable bonds is 5. The Labute approximate surface area is 104 Å². The van der Waals surface area contributed by atoms with E-state index >= 15 is 0 Å². The SMILES string of the molecule is O=C(O)C1CCC(O)(CNCc2ncon2)CC1. The number of aliphatic carboxylic acids is 1. The van der Waals surface area contributed by atoms with Gasteiger partial charge in [0, 0.05) is 6.54 Å². The molecule has 7 heteroatoms. The van der Waals surface area contributed by atoms with Gasteiger partial charge in [0.15, 0.2) is 5.82 Å². The molecule has 18 heavy (non-hydrogen) atoms. The van der Waals surface area contributed by atoms with Gasteiger partial charge in [0.2, 0.25) is 6.39 Å². The predicted molar refractivity (Wildman–Crippen MR) is 60.5 cm³/mol. The summed E-state index contributed by atoms with van der Waals surface area (Å²) in [6.07, 6.45) is 3.31. The van der Waals surface area contributed by atoms with Crippen LogP contribution in [-0.2, 0) is 11.3 Å². The van der Waals surface area contributed by atoms with Crippen LogP contribution in [0.3, 0.4) is 0 Å². The van der Waals surface area contributed by atoms with Crippen molar-refractivity contribution in [1.29, 1.82) is 0 Å². The molecule has 1 heterocycles. The summed E-state index contributed by atoms with van der Waals surface area (Å²) in [4.78, 5) is 14.7. The smallest absolute Gasteiger partial charge is 0.306 e. The van der Waals surface area contributed by atoms with Crippen molar-refractivity contribution in [3.63, 3.8) is 0 Å². The Morgan fingerprint density at radius 2 is 2.28 bits per heavy atom. The Balaban J connectivity index is 1.74. The molecule has 0 amide bonds. The number of aliphatic hydroxyl groups is 1. The summed E-state index contributed by atoms with van der Waals surface area (Å²) < 4.78 is 4.59. The fourth-order valence-corrected chi connectivity index (χ4v) is 2.26. The lowest BCUT2D eigenvalue weighted by atomic mass is 9.79. The first-order valence-corrected chi connectivity index (χ1v) is 6.00. The van der Waals surface area contributed by atoms with Gasteiger partial charge in [-0.25, -0.2) is 0 Å². The topological polar surface area (TPSA) is 108 Å². The number of hydrogen-bond acceptors (Lipinski definition) is 6. The Hall–Kier alpha value is -1.47.